The minimum Gasteiger partial charge on any atom is -0.453 e. The van der Waals surface area contributed by atoms with E-state index in [2.05, 4.69) is 19.2 Å². The maximum absolute atomic E-state index is 5.90. The maximum atomic E-state index is 5.90. The van der Waals surface area contributed by atoms with Crippen molar-refractivity contribution in [1.82, 2.24) is 15.3 Å². The molecule has 1 aromatic carbocycles. The smallest absolute Gasteiger partial charge is 0.196 e. The highest BCUT2D eigenvalue weighted by atomic mass is 16.3. The zero-order chi connectivity index (χ0) is 14.4. The molecule has 4 rings (SSSR count). The average molecular weight is 279 g/mol. The van der Waals surface area contributed by atoms with Crippen LogP contribution in [-0.4, -0.2) is 9.97 Å². The highest BCUT2D eigenvalue weighted by Gasteiger charge is 2.22. The van der Waals surface area contributed by atoms with Gasteiger partial charge in [0.05, 0.1) is 11.4 Å². The van der Waals surface area contributed by atoms with Gasteiger partial charge in [-0.25, -0.2) is 9.97 Å². The minimum absolute atomic E-state index is 0.379. The Morgan fingerprint density at radius 2 is 2.00 bits per heavy atom. The molecule has 0 aliphatic carbocycles. The Hall–Kier alpha value is -2.20. The molecule has 1 aliphatic heterocycles. The van der Waals surface area contributed by atoms with Crippen molar-refractivity contribution < 1.29 is 4.42 Å². The molecule has 106 valence electrons. The molecule has 0 fully saturated rings. The predicted molar refractivity (Wildman–Crippen MR) is 81.9 cm³/mol. The summed E-state index contributed by atoms with van der Waals surface area (Å²) in [5, 5.41) is 4.44. The largest absolute Gasteiger partial charge is 0.453 e. The summed E-state index contributed by atoms with van der Waals surface area (Å²) in [5.41, 5.74) is 4.36. The second-order valence-corrected chi connectivity index (χ2v) is 5.76. The molecule has 0 spiro atoms. The zero-order valence-electron chi connectivity index (χ0n) is 12.2. The van der Waals surface area contributed by atoms with Gasteiger partial charge in [0.2, 0.25) is 0 Å². The van der Waals surface area contributed by atoms with Gasteiger partial charge in [0.1, 0.15) is 5.58 Å². The van der Waals surface area contributed by atoms with Gasteiger partial charge in [0.25, 0.3) is 0 Å². The van der Waals surface area contributed by atoms with E-state index >= 15 is 0 Å². The number of aromatic nitrogens is 2. The van der Waals surface area contributed by atoms with Crippen LogP contribution in [-0.2, 0) is 13.1 Å². The van der Waals surface area contributed by atoms with Crippen LogP contribution in [0, 0.1) is 0 Å². The Morgan fingerprint density at radius 3 is 2.81 bits per heavy atom. The first-order valence-corrected chi connectivity index (χ1v) is 7.31. The number of nitrogens with one attached hydrogen (secondary N) is 1. The second-order valence-electron chi connectivity index (χ2n) is 5.76. The molecular weight excluding hydrogens is 262 g/mol. The summed E-state index contributed by atoms with van der Waals surface area (Å²) < 4.78 is 5.90. The lowest BCUT2D eigenvalue weighted by Gasteiger charge is -2.11. The quantitative estimate of drug-likeness (QED) is 0.778. The second kappa shape index (κ2) is 4.67. The molecule has 4 nitrogen and oxygen atoms in total. The molecule has 4 heteroatoms. The van der Waals surface area contributed by atoms with Crippen LogP contribution < -0.4 is 5.32 Å². The summed E-state index contributed by atoms with van der Waals surface area (Å²) in [4.78, 5) is 9.46. The normalized spacial score (nSPS) is 14.0. The molecule has 0 saturated carbocycles. The third kappa shape index (κ3) is 2.03. The van der Waals surface area contributed by atoms with Gasteiger partial charge in [0.15, 0.2) is 11.6 Å². The molecule has 0 bridgehead atoms. The lowest BCUT2D eigenvalue weighted by molar-refractivity contribution is 0.622. The number of rotatable bonds is 2. The van der Waals surface area contributed by atoms with Gasteiger partial charge in [-0.2, -0.15) is 0 Å². The van der Waals surface area contributed by atoms with E-state index in [0.717, 1.165) is 41.2 Å². The van der Waals surface area contributed by atoms with E-state index < -0.39 is 0 Å². The molecule has 21 heavy (non-hydrogen) atoms. The average Bonchev–Trinajstić information content (AvgIpc) is 3.11. The van der Waals surface area contributed by atoms with E-state index in [-0.39, 0.29) is 0 Å². The number of para-hydroxylation sites is 1. The van der Waals surface area contributed by atoms with E-state index in [1.54, 1.807) is 0 Å². The van der Waals surface area contributed by atoms with Gasteiger partial charge in [-0.05, 0) is 18.1 Å². The predicted octanol–water partition coefficient (Wildman–Crippen LogP) is 3.62. The Balaban J connectivity index is 1.90. The van der Waals surface area contributed by atoms with Crippen LogP contribution in [0.15, 0.2) is 34.7 Å². The van der Waals surface area contributed by atoms with Crippen molar-refractivity contribution in [3.63, 3.8) is 0 Å². The summed E-state index contributed by atoms with van der Waals surface area (Å²) in [5.74, 6) is 1.81. The van der Waals surface area contributed by atoms with Gasteiger partial charge >= 0.3 is 0 Å². The van der Waals surface area contributed by atoms with Crippen LogP contribution in [0.2, 0.25) is 0 Å². The van der Waals surface area contributed by atoms with Gasteiger partial charge in [-0.15, -0.1) is 0 Å². The molecule has 0 radical (unpaired) electrons. The van der Waals surface area contributed by atoms with E-state index in [9.17, 15) is 0 Å². The van der Waals surface area contributed by atoms with Crippen LogP contribution >= 0.6 is 0 Å². The van der Waals surface area contributed by atoms with Crippen LogP contribution in [0.4, 0.5) is 0 Å². The van der Waals surface area contributed by atoms with E-state index in [0.29, 0.717) is 11.7 Å². The molecular formula is C17H17N3O. The number of hydrogen-bond donors (Lipinski definition) is 1. The number of fused-ring (bicyclic) bond motifs is 2. The summed E-state index contributed by atoms with van der Waals surface area (Å²) in [7, 11) is 0. The molecule has 1 N–H and O–H groups in total. The number of furan rings is 1. The van der Waals surface area contributed by atoms with Crippen molar-refractivity contribution in [2.75, 3.05) is 0 Å². The van der Waals surface area contributed by atoms with Crippen molar-refractivity contribution in [2.24, 2.45) is 0 Å². The summed E-state index contributed by atoms with van der Waals surface area (Å²) in [6.45, 7) is 6.01. The fourth-order valence-corrected chi connectivity index (χ4v) is 2.87. The van der Waals surface area contributed by atoms with E-state index in [1.807, 2.05) is 30.3 Å². The Bertz CT molecular complexity index is 787. The highest BCUT2D eigenvalue weighted by Crippen LogP contribution is 2.30. The van der Waals surface area contributed by atoms with Crippen LogP contribution in [0.5, 0.6) is 0 Å². The molecule has 0 saturated heterocycles. The third-order valence-corrected chi connectivity index (χ3v) is 3.91. The first-order valence-electron chi connectivity index (χ1n) is 7.31. The first-order chi connectivity index (χ1) is 10.2. The zero-order valence-corrected chi connectivity index (χ0v) is 12.2. The van der Waals surface area contributed by atoms with Gasteiger partial charge in [-0.3, -0.25) is 0 Å². The van der Waals surface area contributed by atoms with Crippen molar-refractivity contribution >= 4 is 11.0 Å². The molecule has 3 heterocycles. The standard InChI is InChI=1S/C17H17N3O/c1-10(2)16-12-8-18-9-13(12)19-17(20-16)15-7-11-5-3-4-6-14(11)21-15/h3-7,10,18H,8-9H2,1-2H3. The van der Waals surface area contributed by atoms with Gasteiger partial charge in [-0.1, -0.05) is 32.0 Å². The number of benzene rings is 1. The van der Waals surface area contributed by atoms with Crippen LogP contribution in [0.25, 0.3) is 22.6 Å². The first kappa shape index (κ1) is 12.5. The topological polar surface area (TPSA) is 51.0 Å². The molecule has 2 aromatic heterocycles. The molecule has 0 amide bonds. The highest BCUT2D eigenvalue weighted by molar-refractivity contribution is 5.81. The Kier molecular flexibility index (Phi) is 2.79. The third-order valence-electron chi connectivity index (χ3n) is 3.91. The molecule has 1 aliphatic rings. The summed E-state index contributed by atoms with van der Waals surface area (Å²) >= 11 is 0. The Labute approximate surface area is 123 Å². The van der Waals surface area contributed by atoms with Gasteiger partial charge in [0, 0.05) is 24.0 Å². The fraction of sp³-hybridized carbons (Fsp3) is 0.294. The maximum Gasteiger partial charge on any atom is 0.196 e. The summed E-state index contributed by atoms with van der Waals surface area (Å²) in [6, 6.07) is 10.0. The molecule has 0 unspecified atom stereocenters. The molecule has 0 atom stereocenters. The summed E-state index contributed by atoms with van der Waals surface area (Å²) in [6.07, 6.45) is 0. The lowest BCUT2D eigenvalue weighted by atomic mass is 10.0. The Morgan fingerprint density at radius 1 is 1.14 bits per heavy atom. The van der Waals surface area contributed by atoms with Crippen molar-refractivity contribution in [3.8, 4) is 11.6 Å². The fourth-order valence-electron chi connectivity index (χ4n) is 2.87. The lowest BCUT2D eigenvalue weighted by Crippen LogP contribution is -2.05. The SMILES string of the molecule is CC(C)c1nc(-c2cc3ccccc3o2)nc2c1CNC2. The monoisotopic (exact) mass is 279 g/mol. The van der Waals surface area contributed by atoms with Crippen molar-refractivity contribution in [1.29, 1.82) is 0 Å². The molecule has 3 aromatic rings. The van der Waals surface area contributed by atoms with Crippen molar-refractivity contribution in [2.45, 2.75) is 32.9 Å². The van der Waals surface area contributed by atoms with E-state index in [4.69, 9.17) is 14.4 Å². The van der Waals surface area contributed by atoms with Crippen LogP contribution in [0.3, 0.4) is 0 Å². The number of nitrogens with zero attached hydrogens (tertiary/aromatic N) is 2. The van der Waals surface area contributed by atoms with Crippen molar-refractivity contribution in [3.05, 3.63) is 47.3 Å². The number of hydrogen-bond acceptors (Lipinski definition) is 4. The van der Waals surface area contributed by atoms with Gasteiger partial charge < -0.3 is 9.73 Å². The van der Waals surface area contributed by atoms with Crippen LogP contribution in [0.1, 0.15) is 36.7 Å². The van der Waals surface area contributed by atoms with E-state index in [1.165, 1.54) is 5.56 Å². The minimum atomic E-state index is 0.379.